The lowest BCUT2D eigenvalue weighted by molar-refractivity contribution is -0.140. The summed E-state index contributed by atoms with van der Waals surface area (Å²) in [5.41, 5.74) is 0.960. The molecule has 1 N–H and O–H groups in total. The van der Waals surface area contributed by atoms with E-state index >= 15 is 0 Å². The summed E-state index contributed by atoms with van der Waals surface area (Å²) in [6.45, 7) is 4.23. The number of rotatable bonds is 9. The molecule has 8 heteroatoms. The van der Waals surface area contributed by atoms with Crippen LogP contribution in [0.3, 0.4) is 0 Å². The van der Waals surface area contributed by atoms with E-state index in [9.17, 15) is 14.7 Å². The Bertz CT molecular complexity index is 1060. The number of benzene rings is 2. The Morgan fingerprint density at radius 1 is 1.00 bits per heavy atom. The summed E-state index contributed by atoms with van der Waals surface area (Å²) in [6, 6.07) is 11.1. The molecule has 1 aliphatic heterocycles. The molecule has 176 valence electrons. The topological polar surface area (TPSA) is 94.5 Å². The van der Waals surface area contributed by atoms with E-state index in [4.69, 9.17) is 18.9 Å². The monoisotopic (exact) mass is 455 g/mol. The number of carbonyl (C=O) groups is 2. The first kappa shape index (κ1) is 24.1. The summed E-state index contributed by atoms with van der Waals surface area (Å²) >= 11 is 0. The zero-order valence-electron chi connectivity index (χ0n) is 19.5. The summed E-state index contributed by atoms with van der Waals surface area (Å²) in [6.07, 6.45) is -0.0242. The molecule has 2 aromatic rings. The second-order valence-electron chi connectivity index (χ2n) is 7.76. The third-order valence-corrected chi connectivity index (χ3v) is 5.39. The molecule has 1 aliphatic rings. The van der Waals surface area contributed by atoms with Crippen molar-refractivity contribution >= 4 is 17.4 Å². The van der Waals surface area contributed by atoms with Gasteiger partial charge in [-0.2, -0.15) is 0 Å². The molecular weight excluding hydrogens is 426 g/mol. The van der Waals surface area contributed by atoms with E-state index in [0.29, 0.717) is 28.4 Å². The first-order valence-corrected chi connectivity index (χ1v) is 10.6. The summed E-state index contributed by atoms with van der Waals surface area (Å²) in [4.78, 5) is 27.5. The van der Waals surface area contributed by atoms with Crippen molar-refractivity contribution in [3.05, 3.63) is 59.2 Å². The predicted molar refractivity (Wildman–Crippen MR) is 123 cm³/mol. The van der Waals surface area contributed by atoms with Crippen molar-refractivity contribution in [2.24, 2.45) is 0 Å². The Morgan fingerprint density at radius 2 is 1.73 bits per heavy atom. The van der Waals surface area contributed by atoms with Crippen molar-refractivity contribution in [1.29, 1.82) is 0 Å². The van der Waals surface area contributed by atoms with Gasteiger partial charge in [-0.25, -0.2) is 0 Å². The molecule has 1 unspecified atom stereocenters. The molecule has 2 aromatic carbocycles. The highest BCUT2D eigenvalue weighted by Gasteiger charge is 2.46. The number of aliphatic hydroxyl groups excluding tert-OH is 1. The average molecular weight is 456 g/mol. The number of nitrogens with zero attached hydrogens (tertiary/aromatic N) is 1. The van der Waals surface area contributed by atoms with Gasteiger partial charge in [-0.3, -0.25) is 9.59 Å². The van der Waals surface area contributed by atoms with Gasteiger partial charge < -0.3 is 29.0 Å². The zero-order valence-corrected chi connectivity index (χ0v) is 19.5. The molecule has 1 fully saturated rings. The van der Waals surface area contributed by atoms with Crippen molar-refractivity contribution in [2.75, 3.05) is 34.5 Å². The van der Waals surface area contributed by atoms with Crippen LogP contribution < -0.4 is 14.2 Å². The molecule has 0 bridgehead atoms. The van der Waals surface area contributed by atoms with Gasteiger partial charge >= 0.3 is 0 Å². The van der Waals surface area contributed by atoms with Crippen LogP contribution in [-0.2, 0) is 14.3 Å². The fourth-order valence-corrected chi connectivity index (χ4v) is 3.79. The number of aliphatic hydroxyl groups is 1. The van der Waals surface area contributed by atoms with Crippen LogP contribution in [0.5, 0.6) is 17.2 Å². The van der Waals surface area contributed by atoms with E-state index in [2.05, 4.69) is 0 Å². The maximum atomic E-state index is 13.1. The zero-order chi connectivity index (χ0) is 24.1. The SMILES string of the molecule is COc1cccc(C2/C(=C(/O)c3ccc(OC)c(OC)c3)C(=O)C(=O)N2CCOC(C)C)c1. The lowest BCUT2D eigenvalue weighted by Gasteiger charge is -2.26. The first-order chi connectivity index (χ1) is 15.8. The van der Waals surface area contributed by atoms with Gasteiger partial charge in [0.25, 0.3) is 11.7 Å². The van der Waals surface area contributed by atoms with Crippen LogP contribution in [0.2, 0.25) is 0 Å². The molecule has 0 spiro atoms. The minimum Gasteiger partial charge on any atom is -0.507 e. The third-order valence-electron chi connectivity index (χ3n) is 5.39. The van der Waals surface area contributed by atoms with Crippen molar-refractivity contribution in [3.8, 4) is 17.2 Å². The molecule has 1 saturated heterocycles. The molecule has 0 aromatic heterocycles. The molecular formula is C25H29NO7. The number of likely N-dealkylation sites (tertiary alicyclic amines) is 1. The molecule has 33 heavy (non-hydrogen) atoms. The highest BCUT2D eigenvalue weighted by Crippen LogP contribution is 2.41. The van der Waals surface area contributed by atoms with Crippen molar-refractivity contribution in [2.45, 2.75) is 26.0 Å². The molecule has 0 radical (unpaired) electrons. The highest BCUT2D eigenvalue weighted by molar-refractivity contribution is 6.46. The molecule has 1 heterocycles. The Hall–Kier alpha value is -3.52. The average Bonchev–Trinajstić information content (AvgIpc) is 3.07. The number of amides is 1. The number of methoxy groups -OCH3 is 3. The maximum Gasteiger partial charge on any atom is 0.295 e. The van der Waals surface area contributed by atoms with E-state index in [1.807, 2.05) is 13.8 Å². The molecule has 1 amide bonds. The fraction of sp³-hybridized carbons (Fsp3) is 0.360. The summed E-state index contributed by atoms with van der Waals surface area (Å²) in [7, 11) is 4.52. The minimum atomic E-state index is -0.802. The van der Waals surface area contributed by atoms with Crippen LogP contribution in [0.1, 0.15) is 31.0 Å². The molecule has 3 rings (SSSR count). The highest BCUT2D eigenvalue weighted by atomic mass is 16.5. The second kappa shape index (κ2) is 10.4. The van der Waals surface area contributed by atoms with Gasteiger partial charge in [-0.15, -0.1) is 0 Å². The Kier molecular flexibility index (Phi) is 7.60. The lowest BCUT2D eigenvalue weighted by atomic mass is 9.95. The van der Waals surface area contributed by atoms with Gasteiger partial charge in [0.1, 0.15) is 11.5 Å². The Labute approximate surface area is 193 Å². The molecule has 0 saturated carbocycles. The number of carbonyl (C=O) groups excluding carboxylic acids is 2. The number of hydrogen-bond donors (Lipinski definition) is 1. The van der Waals surface area contributed by atoms with E-state index < -0.39 is 17.7 Å². The van der Waals surface area contributed by atoms with Crippen molar-refractivity contribution in [3.63, 3.8) is 0 Å². The Balaban J connectivity index is 2.14. The van der Waals surface area contributed by atoms with Crippen LogP contribution in [0, 0.1) is 0 Å². The maximum absolute atomic E-state index is 13.1. The summed E-state index contributed by atoms with van der Waals surface area (Å²) < 4.78 is 21.5. The summed E-state index contributed by atoms with van der Waals surface area (Å²) in [5, 5.41) is 11.2. The van der Waals surface area contributed by atoms with Crippen LogP contribution in [-0.4, -0.2) is 62.3 Å². The van der Waals surface area contributed by atoms with Crippen LogP contribution in [0.25, 0.3) is 5.76 Å². The van der Waals surface area contributed by atoms with E-state index in [-0.39, 0.29) is 30.6 Å². The predicted octanol–water partition coefficient (Wildman–Crippen LogP) is 3.56. The normalized spacial score (nSPS) is 17.5. The number of ether oxygens (including phenoxy) is 4. The Morgan fingerprint density at radius 3 is 2.36 bits per heavy atom. The van der Waals surface area contributed by atoms with Crippen LogP contribution in [0.4, 0.5) is 0 Å². The molecule has 1 atom stereocenters. The smallest absolute Gasteiger partial charge is 0.295 e. The van der Waals surface area contributed by atoms with E-state index in [1.54, 1.807) is 42.5 Å². The minimum absolute atomic E-state index is 0.00924. The van der Waals surface area contributed by atoms with Gasteiger partial charge in [-0.1, -0.05) is 12.1 Å². The number of ketones is 1. The van der Waals surface area contributed by atoms with Crippen LogP contribution >= 0.6 is 0 Å². The van der Waals surface area contributed by atoms with Gasteiger partial charge in [0.2, 0.25) is 0 Å². The van der Waals surface area contributed by atoms with Crippen molar-refractivity contribution in [1.82, 2.24) is 4.90 Å². The summed E-state index contributed by atoms with van der Waals surface area (Å²) in [5.74, 6) is -0.322. The van der Waals surface area contributed by atoms with Gasteiger partial charge in [0, 0.05) is 12.1 Å². The first-order valence-electron chi connectivity index (χ1n) is 10.6. The van der Waals surface area contributed by atoms with E-state index in [1.165, 1.54) is 26.2 Å². The van der Waals surface area contributed by atoms with E-state index in [0.717, 1.165) is 0 Å². The quantitative estimate of drug-likeness (QED) is 0.351. The molecule has 0 aliphatic carbocycles. The largest absolute Gasteiger partial charge is 0.507 e. The van der Waals surface area contributed by atoms with Crippen LogP contribution in [0.15, 0.2) is 48.0 Å². The van der Waals surface area contributed by atoms with Crippen molar-refractivity contribution < 1.29 is 33.6 Å². The standard InChI is InChI=1S/C25H29NO7/c1-15(2)33-12-11-26-22(16-7-6-8-18(13-16)30-3)21(24(28)25(26)29)23(27)17-9-10-19(31-4)20(14-17)32-5/h6-10,13-15,22,27H,11-12H2,1-5H3/b23-21-. The second-order valence-corrected chi connectivity index (χ2v) is 7.76. The van der Waals surface area contributed by atoms with Gasteiger partial charge in [0.05, 0.1) is 45.7 Å². The number of Topliss-reactive ketones (excluding diaryl/α,β-unsaturated/α-hetero) is 1. The molecule has 8 nitrogen and oxygen atoms in total. The lowest BCUT2D eigenvalue weighted by Crippen LogP contribution is -2.33. The number of hydrogen-bond acceptors (Lipinski definition) is 7. The van der Waals surface area contributed by atoms with Gasteiger partial charge in [0.15, 0.2) is 11.5 Å². The third kappa shape index (κ3) is 4.96. The fourth-order valence-electron chi connectivity index (χ4n) is 3.79. The van der Waals surface area contributed by atoms with Gasteiger partial charge in [-0.05, 0) is 49.7 Å².